The number of aromatic carboxylic acids is 2. The minimum absolute atomic E-state index is 0.0117. The second-order valence-corrected chi connectivity index (χ2v) is 9.88. The number of hydrogen-bond donors (Lipinski definition) is 4. The van der Waals surface area contributed by atoms with Gasteiger partial charge in [-0.05, 0) is 36.6 Å². The molecule has 0 heterocycles. The molecule has 2 unspecified atom stereocenters. The van der Waals surface area contributed by atoms with E-state index < -0.39 is 34.9 Å². The number of para-hydroxylation sites is 1. The third-order valence-electron chi connectivity index (χ3n) is 7.20. The fourth-order valence-electron chi connectivity index (χ4n) is 5.38. The minimum Gasteiger partial charge on any atom is -0.492 e. The number of thiol groups is 1. The molecule has 3 N–H and O–H groups in total. The lowest BCUT2D eigenvalue weighted by atomic mass is 9.73. The number of ether oxygens (including phenoxy) is 4. The maximum absolute atomic E-state index is 12.7. The van der Waals surface area contributed by atoms with Crippen molar-refractivity contribution in [2.75, 3.05) is 21.3 Å². The van der Waals surface area contributed by atoms with E-state index in [4.69, 9.17) is 18.9 Å². The summed E-state index contributed by atoms with van der Waals surface area (Å²) in [6.07, 6.45) is 0.238. The first-order valence-corrected chi connectivity index (χ1v) is 13.4. The van der Waals surface area contributed by atoms with E-state index in [1.165, 1.54) is 51.7 Å². The molecule has 0 aliphatic heterocycles. The highest BCUT2D eigenvalue weighted by molar-refractivity contribution is 7.97. The molecule has 0 bridgehead atoms. The molecule has 4 rings (SSSR count). The topological polar surface area (TPSA) is 166 Å². The van der Waals surface area contributed by atoms with Crippen molar-refractivity contribution in [3.8, 4) is 23.0 Å². The molecule has 224 valence electrons. The zero-order valence-corrected chi connectivity index (χ0v) is 24.2. The van der Waals surface area contributed by atoms with Gasteiger partial charge < -0.3 is 34.3 Å². The van der Waals surface area contributed by atoms with E-state index in [0.717, 1.165) is 0 Å². The normalized spacial score (nSPS) is 16.3. The largest absolute Gasteiger partial charge is 0.492 e. The Hall–Kier alpha value is -4.97. The van der Waals surface area contributed by atoms with E-state index in [0.29, 0.717) is 5.56 Å². The molecule has 1 aliphatic carbocycles. The highest BCUT2D eigenvalue weighted by atomic mass is 32.1. The van der Waals surface area contributed by atoms with Gasteiger partial charge in [-0.2, -0.15) is 0 Å². The summed E-state index contributed by atoms with van der Waals surface area (Å²) in [5.41, 5.74) is 0.437. The summed E-state index contributed by atoms with van der Waals surface area (Å²) < 4.78 is 22.8. The first-order valence-electron chi connectivity index (χ1n) is 12.9. The van der Waals surface area contributed by atoms with Crippen LogP contribution in [0.3, 0.4) is 0 Å². The molecular weight excluding hydrogens is 580 g/mol. The summed E-state index contributed by atoms with van der Waals surface area (Å²) in [6, 6.07) is 13.6. The molecule has 2 atom stereocenters. The fourth-order valence-corrected chi connectivity index (χ4v) is 5.58. The molecule has 0 saturated carbocycles. The molecular formula is C31H28O11S. The number of carbonyl (C=O) groups excluding carboxylic acids is 1. The number of hydrogen-bond acceptors (Lipinski definition) is 8. The molecule has 3 aromatic carbocycles. The van der Waals surface area contributed by atoms with Gasteiger partial charge in [-0.3, -0.25) is 9.59 Å². The van der Waals surface area contributed by atoms with Crippen molar-refractivity contribution < 1.29 is 53.4 Å². The van der Waals surface area contributed by atoms with Gasteiger partial charge in [0.05, 0.1) is 21.3 Å². The Kier molecular flexibility index (Phi) is 9.30. The molecule has 0 amide bonds. The van der Waals surface area contributed by atoms with Crippen LogP contribution < -0.4 is 18.9 Å². The second-order valence-electron chi connectivity index (χ2n) is 9.47. The Morgan fingerprint density at radius 3 is 1.88 bits per heavy atom. The van der Waals surface area contributed by atoms with Crippen molar-refractivity contribution in [3.63, 3.8) is 0 Å². The molecule has 3 aromatic rings. The van der Waals surface area contributed by atoms with Gasteiger partial charge in [0, 0.05) is 22.6 Å². The average Bonchev–Trinajstić information content (AvgIpc) is 2.99. The lowest BCUT2D eigenvalue weighted by molar-refractivity contribution is -0.141. The van der Waals surface area contributed by atoms with Gasteiger partial charge in [-0.1, -0.05) is 36.4 Å². The zero-order chi connectivity index (χ0) is 31.4. The Labute approximate surface area is 251 Å². The van der Waals surface area contributed by atoms with Gasteiger partial charge in [-0.25, -0.2) is 9.59 Å². The summed E-state index contributed by atoms with van der Waals surface area (Å²) in [7, 11) is 3.87. The lowest BCUT2D eigenvalue weighted by Crippen LogP contribution is -2.28. The van der Waals surface area contributed by atoms with Crippen molar-refractivity contribution in [1.29, 1.82) is 0 Å². The van der Waals surface area contributed by atoms with Crippen LogP contribution in [0.4, 0.5) is 0 Å². The first-order chi connectivity index (χ1) is 20.5. The third-order valence-corrected chi connectivity index (χ3v) is 7.44. The van der Waals surface area contributed by atoms with Crippen LogP contribution in [0.25, 0.3) is 5.57 Å². The van der Waals surface area contributed by atoms with E-state index in [-0.39, 0.29) is 69.4 Å². The number of carboxylic acids is 3. The monoisotopic (exact) mass is 608 g/mol. The molecule has 0 aromatic heterocycles. The van der Waals surface area contributed by atoms with Crippen LogP contribution in [0.5, 0.6) is 23.0 Å². The SMILES string of the molecule is COc1c(C(=O)O)cc(C2=C(Oc3ccccc3C(=O)O)C(C(=O)O)CCC2c2ccccc2C(=O)S)c(OC)c1OC. The van der Waals surface area contributed by atoms with Crippen molar-refractivity contribution in [1.82, 2.24) is 0 Å². The smallest absolute Gasteiger partial charge is 0.339 e. The molecule has 12 heteroatoms. The van der Waals surface area contributed by atoms with E-state index in [1.807, 2.05) is 0 Å². The predicted octanol–water partition coefficient (Wildman–Crippen LogP) is 5.25. The van der Waals surface area contributed by atoms with Crippen LogP contribution in [-0.4, -0.2) is 59.7 Å². The van der Waals surface area contributed by atoms with Gasteiger partial charge >= 0.3 is 17.9 Å². The van der Waals surface area contributed by atoms with Gasteiger partial charge in [0.15, 0.2) is 11.5 Å². The maximum atomic E-state index is 12.7. The number of carboxylic acid groups (broad SMARTS) is 3. The molecule has 43 heavy (non-hydrogen) atoms. The van der Waals surface area contributed by atoms with Crippen molar-refractivity contribution in [2.45, 2.75) is 18.8 Å². The predicted molar refractivity (Wildman–Crippen MR) is 157 cm³/mol. The minimum atomic E-state index is -1.37. The zero-order valence-electron chi connectivity index (χ0n) is 23.3. The summed E-state index contributed by atoms with van der Waals surface area (Å²) in [5.74, 6) is -6.44. The molecule has 0 spiro atoms. The highest BCUT2D eigenvalue weighted by Gasteiger charge is 2.41. The van der Waals surface area contributed by atoms with Gasteiger partial charge in [-0.15, -0.1) is 12.6 Å². The standard InChI is InChI=1S/C31H28O11S/c1-39-25-20(14-21(30(36)37)26(40-2)27(25)41-3)23-16(15-8-4-5-9-17(15)31(38)43)12-13-19(29(34)35)24(23)42-22-11-7-6-10-18(22)28(32)33/h4-11,14,16,19H,12-13H2,1-3H3,(H,32,33)(H,34,35)(H,36,37)(H,38,43). The van der Waals surface area contributed by atoms with Crippen LogP contribution >= 0.6 is 12.6 Å². The molecule has 0 saturated heterocycles. The molecule has 11 nitrogen and oxygen atoms in total. The van der Waals surface area contributed by atoms with Crippen LogP contribution in [0, 0.1) is 5.92 Å². The van der Waals surface area contributed by atoms with Crippen molar-refractivity contribution >= 4 is 41.2 Å². The number of carbonyl (C=O) groups is 4. The number of methoxy groups -OCH3 is 3. The van der Waals surface area contributed by atoms with Gasteiger partial charge in [0.1, 0.15) is 28.6 Å². The van der Waals surface area contributed by atoms with Crippen LogP contribution in [0.15, 0.2) is 60.4 Å². The number of aliphatic carboxylic acids is 1. The fraction of sp³-hybridized carbons (Fsp3) is 0.226. The first kappa shape index (κ1) is 31.0. The van der Waals surface area contributed by atoms with Gasteiger partial charge in [0.2, 0.25) is 10.9 Å². The summed E-state index contributed by atoms with van der Waals surface area (Å²) in [4.78, 5) is 49.7. The highest BCUT2D eigenvalue weighted by Crippen LogP contribution is 2.53. The quantitative estimate of drug-likeness (QED) is 0.210. The van der Waals surface area contributed by atoms with Crippen LogP contribution in [0.2, 0.25) is 0 Å². The van der Waals surface area contributed by atoms with Gasteiger partial charge in [0.25, 0.3) is 0 Å². The van der Waals surface area contributed by atoms with Crippen LogP contribution in [0.1, 0.15) is 61.0 Å². The van der Waals surface area contributed by atoms with E-state index >= 15 is 0 Å². The summed E-state index contributed by atoms with van der Waals surface area (Å²) in [6.45, 7) is 0. The number of benzene rings is 3. The van der Waals surface area contributed by atoms with Crippen molar-refractivity contribution in [2.24, 2.45) is 5.92 Å². The number of rotatable bonds is 11. The Balaban J connectivity index is 2.20. The molecule has 0 fully saturated rings. The van der Waals surface area contributed by atoms with E-state index in [2.05, 4.69) is 12.6 Å². The van der Waals surface area contributed by atoms with Crippen molar-refractivity contribution in [3.05, 3.63) is 88.2 Å². The van der Waals surface area contributed by atoms with E-state index in [1.54, 1.807) is 24.3 Å². The summed E-state index contributed by atoms with van der Waals surface area (Å²) in [5, 5.41) is 29.7. The molecule has 0 radical (unpaired) electrons. The van der Waals surface area contributed by atoms with Crippen LogP contribution in [-0.2, 0) is 4.79 Å². The third kappa shape index (κ3) is 5.86. The Bertz CT molecular complexity index is 1640. The van der Waals surface area contributed by atoms with E-state index in [9.17, 15) is 34.5 Å². The second kappa shape index (κ2) is 12.9. The Morgan fingerprint density at radius 2 is 1.33 bits per heavy atom. The average molecular weight is 609 g/mol. The Morgan fingerprint density at radius 1 is 0.744 bits per heavy atom. The maximum Gasteiger partial charge on any atom is 0.339 e. The molecule has 1 aliphatic rings. The lowest BCUT2D eigenvalue weighted by Gasteiger charge is -2.34. The number of allylic oxidation sites excluding steroid dienone is 1. The summed E-state index contributed by atoms with van der Waals surface area (Å²) >= 11 is 4.04.